The van der Waals surface area contributed by atoms with Crippen LogP contribution in [0.25, 0.3) is 0 Å². The highest BCUT2D eigenvalue weighted by atomic mass is 19.4. The third-order valence-corrected chi connectivity index (χ3v) is 1.57. The van der Waals surface area contributed by atoms with Gasteiger partial charge in [0.1, 0.15) is 6.26 Å². The third-order valence-electron chi connectivity index (χ3n) is 1.57. The zero-order valence-corrected chi connectivity index (χ0v) is 7.15. The topological polar surface area (TPSA) is 61.6 Å². The molecule has 2 N–H and O–H groups in total. The molecular formula is C6H3F6NO3. The standard InChI is InChI=1S/C6H3F6NO3/c7-5(8,9)4(6(10,11)12)15-1-2(16-4)3(13)14/h1H,(H2,13,14). The highest BCUT2D eigenvalue weighted by Gasteiger charge is 2.79. The minimum Gasteiger partial charge on any atom is -0.442 e. The molecule has 16 heavy (non-hydrogen) atoms. The van der Waals surface area contributed by atoms with E-state index in [2.05, 4.69) is 15.2 Å². The van der Waals surface area contributed by atoms with E-state index in [0.29, 0.717) is 0 Å². The molecule has 0 unspecified atom stereocenters. The molecule has 0 radical (unpaired) electrons. The fraction of sp³-hybridized carbons (Fsp3) is 0.500. The van der Waals surface area contributed by atoms with Crippen molar-refractivity contribution in [2.24, 2.45) is 5.73 Å². The van der Waals surface area contributed by atoms with Gasteiger partial charge in [-0.15, -0.1) is 0 Å². The smallest absolute Gasteiger partial charge is 0.442 e. The van der Waals surface area contributed by atoms with Gasteiger partial charge in [0.25, 0.3) is 5.91 Å². The molecule has 4 nitrogen and oxygen atoms in total. The zero-order chi connectivity index (χ0) is 12.8. The maximum atomic E-state index is 12.2. The van der Waals surface area contributed by atoms with Gasteiger partial charge in [-0.25, -0.2) is 0 Å². The van der Waals surface area contributed by atoms with E-state index in [1.807, 2.05) is 0 Å². The Labute approximate surface area is 83.6 Å². The van der Waals surface area contributed by atoms with Gasteiger partial charge in [-0.3, -0.25) is 4.79 Å². The molecule has 0 spiro atoms. The first-order valence-electron chi connectivity index (χ1n) is 3.51. The molecule has 1 rings (SSSR count). The number of hydrogen-bond donors (Lipinski definition) is 1. The molecule has 1 aliphatic heterocycles. The lowest BCUT2D eigenvalue weighted by Gasteiger charge is -2.31. The van der Waals surface area contributed by atoms with Gasteiger partial charge < -0.3 is 15.2 Å². The minimum absolute atomic E-state index is 0.122. The molecule has 0 aromatic rings. The number of halogens is 6. The van der Waals surface area contributed by atoms with E-state index < -0.39 is 29.8 Å². The van der Waals surface area contributed by atoms with Crippen molar-refractivity contribution < 1.29 is 40.6 Å². The predicted molar refractivity (Wildman–Crippen MR) is 34.3 cm³/mol. The lowest BCUT2D eigenvalue weighted by atomic mass is 10.2. The van der Waals surface area contributed by atoms with E-state index in [4.69, 9.17) is 0 Å². The second-order valence-corrected chi connectivity index (χ2v) is 2.68. The highest BCUT2D eigenvalue weighted by molar-refractivity contribution is 5.89. The van der Waals surface area contributed by atoms with Crippen LogP contribution in [0, 0.1) is 0 Å². The first-order chi connectivity index (χ1) is 7.01. The van der Waals surface area contributed by atoms with Crippen molar-refractivity contribution >= 4 is 5.91 Å². The van der Waals surface area contributed by atoms with Gasteiger partial charge in [0.15, 0.2) is 0 Å². The molecule has 1 amide bonds. The van der Waals surface area contributed by atoms with Crippen molar-refractivity contribution in [1.29, 1.82) is 0 Å². The Morgan fingerprint density at radius 3 is 1.81 bits per heavy atom. The van der Waals surface area contributed by atoms with E-state index in [0.717, 1.165) is 0 Å². The van der Waals surface area contributed by atoms with Crippen LogP contribution >= 0.6 is 0 Å². The monoisotopic (exact) mass is 251 g/mol. The van der Waals surface area contributed by atoms with Gasteiger partial charge in [-0.1, -0.05) is 0 Å². The molecule has 0 atom stereocenters. The number of ether oxygens (including phenoxy) is 2. The van der Waals surface area contributed by atoms with Crippen LogP contribution in [0.1, 0.15) is 0 Å². The average Bonchev–Trinajstić information content (AvgIpc) is 2.44. The summed E-state index contributed by atoms with van der Waals surface area (Å²) in [5.41, 5.74) is 4.46. The van der Waals surface area contributed by atoms with Crippen LogP contribution in [0.15, 0.2) is 12.0 Å². The molecule has 92 valence electrons. The number of carbonyl (C=O) groups is 1. The molecule has 10 heteroatoms. The molecule has 0 saturated carbocycles. The zero-order valence-electron chi connectivity index (χ0n) is 7.15. The van der Waals surface area contributed by atoms with Gasteiger partial charge in [-0.2, -0.15) is 26.3 Å². The van der Waals surface area contributed by atoms with Gasteiger partial charge in [0, 0.05) is 0 Å². The van der Waals surface area contributed by atoms with Gasteiger partial charge >= 0.3 is 18.1 Å². The molecule has 0 aromatic carbocycles. The Bertz CT molecular complexity index is 329. The maximum Gasteiger partial charge on any atom is 0.478 e. The van der Waals surface area contributed by atoms with Gasteiger partial charge in [0.05, 0.1) is 0 Å². The third kappa shape index (κ3) is 1.63. The summed E-state index contributed by atoms with van der Waals surface area (Å²) in [6, 6.07) is 0. The average molecular weight is 251 g/mol. The summed E-state index contributed by atoms with van der Waals surface area (Å²) >= 11 is 0. The second kappa shape index (κ2) is 3.19. The van der Waals surface area contributed by atoms with Crippen LogP contribution in [0.5, 0.6) is 0 Å². The predicted octanol–water partition coefficient (Wildman–Crippen LogP) is 1.18. The number of alkyl halides is 6. The molecule has 0 aromatic heterocycles. The van der Waals surface area contributed by atoms with E-state index in [1.165, 1.54) is 0 Å². The van der Waals surface area contributed by atoms with Gasteiger partial charge in [-0.05, 0) is 0 Å². The molecular weight excluding hydrogens is 248 g/mol. The fourth-order valence-electron chi connectivity index (χ4n) is 0.858. The van der Waals surface area contributed by atoms with Crippen molar-refractivity contribution in [1.82, 2.24) is 0 Å². The van der Waals surface area contributed by atoms with Crippen LogP contribution in [-0.4, -0.2) is 24.0 Å². The summed E-state index contributed by atoms with van der Waals surface area (Å²) in [6.07, 6.45) is -11.9. The van der Waals surface area contributed by atoms with Crippen molar-refractivity contribution in [3.05, 3.63) is 12.0 Å². The number of amides is 1. The Morgan fingerprint density at radius 1 is 1.19 bits per heavy atom. The van der Waals surface area contributed by atoms with Crippen molar-refractivity contribution in [3.8, 4) is 0 Å². The van der Waals surface area contributed by atoms with E-state index in [9.17, 15) is 31.1 Å². The molecule has 0 bridgehead atoms. The largest absolute Gasteiger partial charge is 0.478 e. The van der Waals surface area contributed by atoms with E-state index in [1.54, 1.807) is 0 Å². The Kier molecular flexibility index (Phi) is 2.48. The molecule has 0 saturated heterocycles. The van der Waals surface area contributed by atoms with Gasteiger partial charge in [0.2, 0.25) is 5.76 Å². The maximum absolute atomic E-state index is 12.2. The van der Waals surface area contributed by atoms with Crippen LogP contribution in [-0.2, 0) is 14.3 Å². The molecule has 0 fully saturated rings. The number of carbonyl (C=O) groups excluding carboxylic acids is 1. The van der Waals surface area contributed by atoms with Crippen molar-refractivity contribution in [2.45, 2.75) is 18.1 Å². The van der Waals surface area contributed by atoms with E-state index in [-0.39, 0.29) is 6.26 Å². The molecule has 1 aliphatic rings. The number of nitrogens with two attached hydrogens (primary N) is 1. The highest BCUT2D eigenvalue weighted by Crippen LogP contribution is 2.50. The number of primary amides is 1. The minimum atomic E-state index is -5.90. The first kappa shape index (κ1) is 12.5. The molecule has 0 aliphatic carbocycles. The number of rotatable bonds is 1. The Hall–Kier alpha value is -1.61. The summed E-state index contributed by atoms with van der Waals surface area (Å²) < 4.78 is 80.0. The normalized spacial score (nSPS) is 19.8. The summed E-state index contributed by atoms with van der Waals surface area (Å²) in [5, 5.41) is 0. The molecule has 1 heterocycles. The summed E-state index contributed by atoms with van der Waals surface area (Å²) in [4.78, 5) is 10.4. The van der Waals surface area contributed by atoms with Crippen LogP contribution in [0.3, 0.4) is 0 Å². The second-order valence-electron chi connectivity index (χ2n) is 2.68. The van der Waals surface area contributed by atoms with Crippen LogP contribution in [0.2, 0.25) is 0 Å². The fourth-order valence-corrected chi connectivity index (χ4v) is 0.858. The summed E-state index contributed by atoms with van der Waals surface area (Å²) in [5.74, 6) is -7.82. The van der Waals surface area contributed by atoms with Crippen molar-refractivity contribution in [3.63, 3.8) is 0 Å². The Balaban J connectivity index is 3.11. The number of hydrogen-bond acceptors (Lipinski definition) is 3. The lowest BCUT2D eigenvalue weighted by Crippen LogP contribution is -2.58. The quantitative estimate of drug-likeness (QED) is 0.712. The first-order valence-corrected chi connectivity index (χ1v) is 3.51. The van der Waals surface area contributed by atoms with Crippen LogP contribution < -0.4 is 5.73 Å². The summed E-state index contributed by atoms with van der Waals surface area (Å²) in [6.45, 7) is 0. The lowest BCUT2D eigenvalue weighted by molar-refractivity contribution is -0.435. The Morgan fingerprint density at radius 2 is 1.62 bits per heavy atom. The van der Waals surface area contributed by atoms with Crippen LogP contribution in [0.4, 0.5) is 26.3 Å². The SMILES string of the molecule is NC(=O)C1=COC(C(F)(F)F)(C(F)(F)F)O1. The van der Waals surface area contributed by atoms with Crippen molar-refractivity contribution in [2.75, 3.05) is 0 Å². The van der Waals surface area contributed by atoms with E-state index >= 15 is 0 Å². The summed E-state index contributed by atoms with van der Waals surface area (Å²) in [7, 11) is 0.